The van der Waals surface area contributed by atoms with Crippen LogP contribution >= 0.6 is 0 Å². The number of guanidine groups is 1. The molecular weight excluding hydrogens is 382 g/mol. The van der Waals surface area contributed by atoms with Crippen LogP contribution in [0.1, 0.15) is 19.3 Å². The van der Waals surface area contributed by atoms with Crippen LogP contribution in [0.15, 0.2) is 29.3 Å². The molecule has 7 nitrogen and oxygen atoms in total. The molecule has 2 fully saturated rings. The van der Waals surface area contributed by atoms with E-state index in [-0.39, 0.29) is 17.4 Å². The van der Waals surface area contributed by atoms with Gasteiger partial charge in [0.1, 0.15) is 5.75 Å². The largest absolute Gasteiger partial charge is 0.433 e. The van der Waals surface area contributed by atoms with Crippen molar-refractivity contribution in [2.75, 3.05) is 51.9 Å². The lowest BCUT2D eigenvalue weighted by atomic mass is 9.94. The van der Waals surface area contributed by atoms with Gasteiger partial charge in [0.05, 0.1) is 11.3 Å². The number of aliphatic imine (C=N–C) groups is 1. The molecular formula is C20H30F2N4O3. The number of nitrogens with one attached hydrogen (secondary N) is 2. The molecule has 162 valence electrons. The van der Waals surface area contributed by atoms with Crippen molar-refractivity contribution in [2.24, 2.45) is 4.99 Å². The monoisotopic (exact) mass is 412 g/mol. The summed E-state index contributed by atoms with van der Waals surface area (Å²) in [5, 5.41) is 6.79. The van der Waals surface area contributed by atoms with E-state index in [0.29, 0.717) is 38.0 Å². The number of halogens is 2. The number of para-hydroxylation sites is 2. The molecule has 0 radical (unpaired) electrons. The summed E-state index contributed by atoms with van der Waals surface area (Å²) < 4.78 is 41.2. The molecule has 0 spiro atoms. The van der Waals surface area contributed by atoms with Gasteiger partial charge in [0, 0.05) is 65.9 Å². The van der Waals surface area contributed by atoms with Gasteiger partial charge in [-0.05, 0) is 18.6 Å². The fourth-order valence-electron chi connectivity index (χ4n) is 3.84. The summed E-state index contributed by atoms with van der Waals surface area (Å²) in [7, 11) is 3.47. The van der Waals surface area contributed by atoms with Crippen LogP contribution in [0.5, 0.6) is 5.75 Å². The van der Waals surface area contributed by atoms with Gasteiger partial charge < -0.3 is 29.7 Å². The second-order valence-corrected chi connectivity index (χ2v) is 7.35. The minimum atomic E-state index is -2.84. The van der Waals surface area contributed by atoms with Gasteiger partial charge in [0.15, 0.2) is 5.96 Å². The Bertz CT molecular complexity index is 683. The van der Waals surface area contributed by atoms with Crippen molar-refractivity contribution in [1.82, 2.24) is 10.6 Å². The summed E-state index contributed by atoms with van der Waals surface area (Å²) in [5.74, 6) is 0.907. The second-order valence-electron chi connectivity index (χ2n) is 7.35. The SMILES string of the molecule is CN=C(NCC1(OC)CCOCC1)NC1CCN(c2ccccc2OC(F)F)C1. The van der Waals surface area contributed by atoms with Gasteiger partial charge in [0.2, 0.25) is 0 Å². The van der Waals surface area contributed by atoms with Crippen molar-refractivity contribution in [1.29, 1.82) is 0 Å². The normalized spacial score (nSPS) is 22.0. The molecule has 29 heavy (non-hydrogen) atoms. The molecule has 0 aromatic heterocycles. The predicted molar refractivity (Wildman–Crippen MR) is 108 cm³/mol. The Balaban J connectivity index is 1.55. The average Bonchev–Trinajstić information content (AvgIpc) is 3.20. The number of methoxy groups -OCH3 is 1. The number of nitrogens with zero attached hydrogens (tertiary/aromatic N) is 2. The summed E-state index contributed by atoms with van der Waals surface area (Å²) in [6.07, 6.45) is 2.55. The van der Waals surface area contributed by atoms with Gasteiger partial charge in [-0.15, -0.1) is 0 Å². The maximum Gasteiger partial charge on any atom is 0.387 e. The molecule has 1 aromatic carbocycles. The first-order valence-electron chi connectivity index (χ1n) is 9.94. The molecule has 9 heteroatoms. The molecule has 1 unspecified atom stereocenters. The Morgan fingerprint density at radius 2 is 2.10 bits per heavy atom. The number of benzene rings is 1. The Morgan fingerprint density at radius 3 is 2.79 bits per heavy atom. The molecule has 0 aliphatic carbocycles. The van der Waals surface area contributed by atoms with Crippen LogP contribution in [-0.2, 0) is 9.47 Å². The molecule has 0 bridgehead atoms. The minimum absolute atomic E-state index is 0.147. The van der Waals surface area contributed by atoms with E-state index in [0.717, 1.165) is 25.8 Å². The molecule has 2 N–H and O–H groups in total. The molecule has 3 rings (SSSR count). The Kier molecular flexibility index (Phi) is 7.49. The van der Waals surface area contributed by atoms with Gasteiger partial charge in [-0.25, -0.2) is 0 Å². The number of hydrogen-bond acceptors (Lipinski definition) is 5. The number of hydrogen-bond donors (Lipinski definition) is 2. The summed E-state index contributed by atoms with van der Waals surface area (Å²) in [4.78, 5) is 6.37. The van der Waals surface area contributed by atoms with E-state index >= 15 is 0 Å². The first-order chi connectivity index (χ1) is 14.0. The molecule has 2 saturated heterocycles. The van der Waals surface area contributed by atoms with Crippen LogP contribution in [0.4, 0.5) is 14.5 Å². The van der Waals surface area contributed by atoms with Crippen LogP contribution in [-0.4, -0.2) is 71.2 Å². The van der Waals surface area contributed by atoms with Crippen molar-refractivity contribution >= 4 is 11.6 Å². The van der Waals surface area contributed by atoms with Gasteiger partial charge in [-0.3, -0.25) is 4.99 Å². The van der Waals surface area contributed by atoms with E-state index in [1.807, 2.05) is 6.07 Å². The highest BCUT2D eigenvalue weighted by molar-refractivity contribution is 5.80. The topological polar surface area (TPSA) is 67.4 Å². The Labute approximate surface area is 170 Å². The van der Waals surface area contributed by atoms with E-state index in [2.05, 4.69) is 25.3 Å². The third-order valence-corrected chi connectivity index (χ3v) is 5.59. The molecule has 1 atom stereocenters. The number of rotatable bonds is 7. The molecule has 0 saturated carbocycles. The highest BCUT2D eigenvalue weighted by Crippen LogP contribution is 2.31. The van der Waals surface area contributed by atoms with Gasteiger partial charge >= 0.3 is 6.61 Å². The quantitative estimate of drug-likeness (QED) is 0.529. The summed E-state index contributed by atoms with van der Waals surface area (Å²) >= 11 is 0. The van der Waals surface area contributed by atoms with E-state index in [1.165, 1.54) is 0 Å². The zero-order valence-corrected chi connectivity index (χ0v) is 17.0. The lowest BCUT2D eigenvalue weighted by Gasteiger charge is -2.36. The molecule has 2 aliphatic heterocycles. The minimum Gasteiger partial charge on any atom is -0.433 e. The molecule has 1 aromatic rings. The van der Waals surface area contributed by atoms with Crippen LogP contribution in [0, 0.1) is 0 Å². The first-order valence-corrected chi connectivity index (χ1v) is 9.94. The fraction of sp³-hybridized carbons (Fsp3) is 0.650. The maximum atomic E-state index is 12.7. The van der Waals surface area contributed by atoms with Crippen LogP contribution in [0.2, 0.25) is 0 Å². The predicted octanol–water partition coefficient (Wildman–Crippen LogP) is 2.23. The van der Waals surface area contributed by atoms with E-state index in [9.17, 15) is 8.78 Å². The van der Waals surface area contributed by atoms with Crippen LogP contribution in [0.25, 0.3) is 0 Å². The highest BCUT2D eigenvalue weighted by Gasteiger charge is 2.33. The molecule has 0 amide bonds. The average molecular weight is 412 g/mol. The number of alkyl halides is 2. The van der Waals surface area contributed by atoms with Crippen molar-refractivity contribution < 1.29 is 23.0 Å². The highest BCUT2D eigenvalue weighted by atomic mass is 19.3. The maximum absolute atomic E-state index is 12.7. The zero-order valence-electron chi connectivity index (χ0n) is 17.0. The van der Waals surface area contributed by atoms with E-state index in [1.54, 1.807) is 32.4 Å². The smallest absolute Gasteiger partial charge is 0.387 e. The van der Waals surface area contributed by atoms with Gasteiger partial charge in [-0.1, -0.05) is 12.1 Å². The van der Waals surface area contributed by atoms with Crippen LogP contribution < -0.4 is 20.3 Å². The van der Waals surface area contributed by atoms with Crippen molar-refractivity contribution in [3.63, 3.8) is 0 Å². The Hall–Kier alpha value is -2.13. The second kappa shape index (κ2) is 10.1. The molecule has 2 aliphatic rings. The standard InChI is InChI=1S/C20H30F2N4O3/c1-23-19(24-14-20(27-2)8-11-28-12-9-20)25-15-7-10-26(13-15)16-5-3-4-6-17(16)29-18(21)22/h3-6,15,18H,7-14H2,1-2H3,(H2,23,24,25). The summed E-state index contributed by atoms with van der Waals surface area (Å²) in [6.45, 7) is 0.617. The van der Waals surface area contributed by atoms with Crippen molar-refractivity contribution in [3.05, 3.63) is 24.3 Å². The zero-order chi connectivity index (χ0) is 20.7. The molecule has 2 heterocycles. The van der Waals surface area contributed by atoms with Gasteiger partial charge in [-0.2, -0.15) is 8.78 Å². The third-order valence-electron chi connectivity index (χ3n) is 5.59. The van der Waals surface area contributed by atoms with Crippen molar-refractivity contribution in [3.8, 4) is 5.75 Å². The van der Waals surface area contributed by atoms with E-state index in [4.69, 9.17) is 9.47 Å². The van der Waals surface area contributed by atoms with Crippen molar-refractivity contribution in [2.45, 2.75) is 37.5 Å². The third kappa shape index (κ3) is 5.70. The lowest BCUT2D eigenvalue weighted by molar-refractivity contribution is -0.0855. The summed E-state index contributed by atoms with van der Waals surface area (Å²) in [5.41, 5.74) is 0.434. The first kappa shape index (κ1) is 21.6. The van der Waals surface area contributed by atoms with E-state index < -0.39 is 6.61 Å². The van der Waals surface area contributed by atoms with Gasteiger partial charge in [0.25, 0.3) is 0 Å². The Morgan fingerprint density at radius 1 is 1.34 bits per heavy atom. The number of anilines is 1. The number of ether oxygens (including phenoxy) is 3. The fourth-order valence-corrected chi connectivity index (χ4v) is 3.84. The van der Waals surface area contributed by atoms with Crippen LogP contribution in [0.3, 0.4) is 0 Å². The summed E-state index contributed by atoms with van der Waals surface area (Å²) in [6, 6.07) is 7.05. The lowest BCUT2D eigenvalue weighted by Crippen LogP contribution is -2.52.